The monoisotopic (exact) mass is 305 g/mol. The molecular weight excluding hydrogens is 278 g/mol. The van der Waals surface area contributed by atoms with Crippen LogP contribution in [0.5, 0.6) is 0 Å². The molecule has 2 rings (SSSR count). The number of nitrogens with zero attached hydrogens (tertiary/aromatic N) is 2. The van der Waals surface area contributed by atoms with E-state index in [9.17, 15) is 4.79 Å². The Morgan fingerprint density at radius 3 is 2.77 bits per heavy atom. The third kappa shape index (κ3) is 4.44. The van der Waals surface area contributed by atoms with Crippen molar-refractivity contribution in [2.75, 3.05) is 13.2 Å². The number of urea groups is 1. The molecule has 5 nitrogen and oxygen atoms in total. The number of nitrogens with one attached hydrogen (secondary N) is 1. The molecule has 0 bridgehead atoms. The van der Waals surface area contributed by atoms with Gasteiger partial charge in [-0.15, -0.1) is 0 Å². The summed E-state index contributed by atoms with van der Waals surface area (Å²) in [6, 6.07) is 4.02. The van der Waals surface area contributed by atoms with Gasteiger partial charge in [0.15, 0.2) is 0 Å². The van der Waals surface area contributed by atoms with Gasteiger partial charge in [0.05, 0.1) is 0 Å². The maximum Gasteiger partial charge on any atom is 0.317 e. The second-order valence-corrected chi connectivity index (χ2v) is 6.74. The summed E-state index contributed by atoms with van der Waals surface area (Å²) in [5.74, 6) is 0. The number of hydrogen-bond acceptors (Lipinski definition) is 3. The van der Waals surface area contributed by atoms with Crippen molar-refractivity contribution in [1.29, 1.82) is 0 Å². The number of carbonyl (C=O) groups excluding carboxylic acids is 1. The summed E-state index contributed by atoms with van der Waals surface area (Å²) in [5, 5.41) is 12.3. The van der Waals surface area contributed by atoms with Crippen LogP contribution in [0.25, 0.3) is 0 Å². The van der Waals surface area contributed by atoms with Crippen molar-refractivity contribution >= 4 is 6.03 Å². The van der Waals surface area contributed by atoms with Crippen molar-refractivity contribution in [3.63, 3.8) is 0 Å². The molecule has 1 aliphatic rings. The fourth-order valence-electron chi connectivity index (χ4n) is 3.06. The fraction of sp³-hybridized carbons (Fsp3) is 0.647. The first kappa shape index (κ1) is 16.7. The summed E-state index contributed by atoms with van der Waals surface area (Å²) >= 11 is 0. The van der Waals surface area contributed by atoms with Crippen LogP contribution in [0.4, 0.5) is 4.79 Å². The van der Waals surface area contributed by atoms with Crippen molar-refractivity contribution in [3.8, 4) is 0 Å². The lowest BCUT2D eigenvalue weighted by atomic mass is 9.87. The zero-order chi connectivity index (χ0) is 16.0. The normalized spacial score (nSPS) is 19.9. The van der Waals surface area contributed by atoms with Gasteiger partial charge in [-0.05, 0) is 42.4 Å². The lowest BCUT2D eigenvalue weighted by Gasteiger charge is -2.31. The molecule has 0 radical (unpaired) electrons. The van der Waals surface area contributed by atoms with Crippen LogP contribution >= 0.6 is 0 Å². The Labute approximate surface area is 132 Å². The first-order valence-corrected chi connectivity index (χ1v) is 8.08. The van der Waals surface area contributed by atoms with Crippen LogP contribution < -0.4 is 5.32 Å². The number of carbonyl (C=O) groups is 1. The quantitative estimate of drug-likeness (QED) is 0.849. The van der Waals surface area contributed by atoms with E-state index >= 15 is 0 Å². The zero-order valence-electron chi connectivity index (χ0n) is 13.6. The van der Waals surface area contributed by atoms with Crippen LogP contribution in [0.1, 0.15) is 45.1 Å². The molecule has 2 amide bonds. The Morgan fingerprint density at radius 2 is 2.18 bits per heavy atom. The van der Waals surface area contributed by atoms with Crippen molar-refractivity contribution in [2.45, 2.75) is 52.1 Å². The van der Waals surface area contributed by atoms with Gasteiger partial charge in [0.25, 0.3) is 0 Å². The maximum atomic E-state index is 12.6. The van der Waals surface area contributed by atoms with Crippen LogP contribution in [0.2, 0.25) is 0 Å². The third-order valence-corrected chi connectivity index (χ3v) is 4.55. The van der Waals surface area contributed by atoms with Gasteiger partial charge < -0.3 is 15.3 Å². The molecule has 1 atom stereocenters. The molecule has 0 saturated heterocycles. The minimum absolute atomic E-state index is 0.0368. The van der Waals surface area contributed by atoms with Gasteiger partial charge in [0, 0.05) is 38.1 Å². The van der Waals surface area contributed by atoms with Gasteiger partial charge in [-0.2, -0.15) is 0 Å². The number of aliphatic hydroxyl groups is 1. The second-order valence-electron chi connectivity index (χ2n) is 6.74. The molecule has 5 heteroatoms. The molecule has 0 aliphatic heterocycles. The second kappa shape index (κ2) is 7.58. The number of aliphatic hydroxyl groups excluding tert-OH is 1. The van der Waals surface area contributed by atoms with Crippen LogP contribution in [-0.4, -0.2) is 40.2 Å². The minimum atomic E-state index is -0.0368. The van der Waals surface area contributed by atoms with Gasteiger partial charge >= 0.3 is 6.03 Å². The molecule has 1 aromatic rings. The SMILES string of the molecule is CC1(C)CCCC1NC(=O)N(CCCO)Cc1ccncc1. The number of amides is 2. The van der Waals surface area contributed by atoms with Gasteiger partial charge in [0.2, 0.25) is 0 Å². The van der Waals surface area contributed by atoms with Crippen molar-refractivity contribution < 1.29 is 9.90 Å². The van der Waals surface area contributed by atoms with Gasteiger partial charge in [-0.25, -0.2) is 4.79 Å². The predicted molar refractivity (Wildman–Crippen MR) is 86.3 cm³/mol. The number of aromatic nitrogens is 1. The maximum absolute atomic E-state index is 12.6. The van der Waals surface area contributed by atoms with Crippen LogP contribution in [0.3, 0.4) is 0 Å². The number of hydrogen-bond donors (Lipinski definition) is 2. The van der Waals surface area contributed by atoms with E-state index in [-0.39, 0.29) is 24.1 Å². The average Bonchev–Trinajstić information content (AvgIpc) is 2.83. The van der Waals surface area contributed by atoms with E-state index in [1.165, 1.54) is 6.42 Å². The minimum Gasteiger partial charge on any atom is -0.396 e. The zero-order valence-corrected chi connectivity index (χ0v) is 13.6. The lowest BCUT2D eigenvalue weighted by molar-refractivity contribution is 0.173. The Hall–Kier alpha value is -1.62. The Bertz CT molecular complexity index is 476. The molecule has 0 spiro atoms. The van der Waals surface area contributed by atoms with Crippen LogP contribution in [0, 0.1) is 5.41 Å². The Kier molecular flexibility index (Phi) is 5.77. The molecular formula is C17H27N3O2. The largest absolute Gasteiger partial charge is 0.396 e. The van der Waals surface area contributed by atoms with Crippen molar-refractivity contribution in [2.24, 2.45) is 5.41 Å². The van der Waals surface area contributed by atoms with E-state index in [4.69, 9.17) is 5.11 Å². The van der Waals surface area contributed by atoms with Gasteiger partial charge in [-0.1, -0.05) is 20.3 Å². The molecule has 1 unspecified atom stereocenters. The topological polar surface area (TPSA) is 65.5 Å². The van der Waals surface area contributed by atoms with E-state index in [2.05, 4.69) is 24.1 Å². The smallest absolute Gasteiger partial charge is 0.317 e. The average molecular weight is 305 g/mol. The fourth-order valence-corrected chi connectivity index (χ4v) is 3.06. The highest BCUT2D eigenvalue weighted by Crippen LogP contribution is 2.37. The predicted octanol–water partition coefficient (Wildman–Crippen LogP) is 2.55. The van der Waals surface area contributed by atoms with Crippen molar-refractivity contribution in [1.82, 2.24) is 15.2 Å². The summed E-state index contributed by atoms with van der Waals surface area (Å²) in [6.45, 7) is 5.62. The number of pyridine rings is 1. The standard InChI is InChI=1S/C17H27N3O2/c1-17(2)8-3-5-15(17)19-16(22)20(11-4-12-21)13-14-6-9-18-10-7-14/h6-7,9-10,15,21H,3-5,8,11-13H2,1-2H3,(H,19,22). The molecule has 1 aromatic heterocycles. The number of rotatable bonds is 6. The Morgan fingerprint density at radius 1 is 1.45 bits per heavy atom. The molecule has 0 aromatic carbocycles. The first-order valence-electron chi connectivity index (χ1n) is 8.08. The van der Waals surface area contributed by atoms with E-state index in [1.54, 1.807) is 17.3 Å². The molecule has 22 heavy (non-hydrogen) atoms. The molecule has 1 fully saturated rings. The summed E-state index contributed by atoms with van der Waals surface area (Å²) in [5.41, 5.74) is 1.21. The van der Waals surface area contributed by atoms with E-state index in [1.807, 2.05) is 12.1 Å². The van der Waals surface area contributed by atoms with E-state index < -0.39 is 0 Å². The highest BCUT2D eigenvalue weighted by Gasteiger charge is 2.36. The lowest BCUT2D eigenvalue weighted by Crippen LogP contribution is -2.48. The third-order valence-electron chi connectivity index (χ3n) is 4.55. The molecule has 122 valence electrons. The van der Waals surface area contributed by atoms with Crippen LogP contribution in [0.15, 0.2) is 24.5 Å². The highest BCUT2D eigenvalue weighted by atomic mass is 16.3. The molecule has 2 N–H and O–H groups in total. The molecule has 1 saturated carbocycles. The summed E-state index contributed by atoms with van der Waals surface area (Å²) in [6.07, 6.45) is 7.42. The summed E-state index contributed by atoms with van der Waals surface area (Å²) in [7, 11) is 0. The van der Waals surface area contributed by atoms with E-state index in [0.717, 1.165) is 18.4 Å². The summed E-state index contributed by atoms with van der Waals surface area (Å²) in [4.78, 5) is 18.4. The van der Waals surface area contributed by atoms with Gasteiger partial charge in [-0.3, -0.25) is 4.98 Å². The van der Waals surface area contributed by atoms with E-state index in [0.29, 0.717) is 19.5 Å². The molecule has 1 aliphatic carbocycles. The van der Waals surface area contributed by atoms with Crippen molar-refractivity contribution in [3.05, 3.63) is 30.1 Å². The Balaban J connectivity index is 1.99. The van der Waals surface area contributed by atoms with Crippen LogP contribution in [-0.2, 0) is 6.54 Å². The molecule has 1 heterocycles. The highest BCUT2D eigenvalue weighted by molar-refractivity contribution is 5.74. The first-order chi connectivity index (χ1) is 10.5. The summed E-state index contributed by atoms with van der Waals surface area (Å²) < 4.78 is 0. The van der Waals surface area contributed by atoms with Gasteiger partial charge in [0.1, 0.15) is 0 Å².